The molecule has 0 saturated carbocycles. The van der Waals surface area contributed by atoms with E-state index < -0.39 is 10.1 Å². The monoisotopic (exact) mass is 326 g/mol. The molecule has 0 spiro atoms. The second-order valence-electron chi connectivity index (χ2n) is 4.71. The van der Waals surface area contributed by atoms with Crippen molar-refractivity contribution in [1.82, 2.24) is 0 Å². The molecule has 0 N–H and O–H groups in total. The van der Waals surface area contributed by atoms with Crippen LogP contribution < -0.4 is 0 Å². The molecule has 112 valence electrons. The minimum atomic E-state index is -3.56. The van der Waals surface area contributed by atoms with Gasteiger partial charge in [0.2, 0.25) is 0 Å². The summed E-state index contributed by atoms with van der Waals surface area (Å²) in [7, 11) is -3.56. The summed E-state index contributed by atoms with van der Waals surface area (Å²) in [5, 5.41) is 0. The first-order chi connectivity index (χ1) is 9.17. The number of benzene rings is 1. The van der Waals surface area contributed by atoms with E-state index in [-0.39, 0.29) is 49.2 Å². The van der Waals surface area contributed by atoms with Gasteiger partial charge >= 0.3 is 37.7 Å². The zero-order chi connectivity index (χ0) is 14.0. The average molecular weight is 327 g/mol. The maximum absolute atomic E-state index is 11.8. The van der Waals surface area contributed by atoms with Gasteiger partial charge in [0.1, 0.15) is 0 Å². The van der Waals surface area contributed by atoms with E-state index in [2.05, 4.69) is 6.92 Å². The second kappa shape index (κ2) is 12.0. The third-order valence-corrected chi connectivity index (χ3v) is 4.34. The molecule has 1 rings (SSSR count). The molecule has 0 aliphatic carbocycles. The van der Waals surface area contributed by atoms with E-state index in [0.717, 1.165) is 19.3 Å². The summed E-state index contributed by atoms with van der Waals surface area (Å²) in [4.78, 5) is 0.234. The molecular weight excluding hydrogens is 300 g/mol. The Morgan fingerprint density at radius 2 is 1.45 bits per heavy atom. The summed E-state index contributed by atoms with van der Waals surface area (Å²) in [5.41, 5.74) is 0. The Hall–Kier alpha value is 0.390. The molecule has 5 heteroatoms. The van der Waals surface area contributed by atoms with Crippen molar-refractivity contribution in [3.8, 4) is 0 Å². The Morgan fingerprint density at radius 3 is 2.05 bits per heavy atom. The maximum atomic E-state index is 11.8. The Morgan fingerprint density at radius 1 is 0.900 bits per heavy atom. The van der Waals surface area contributed by atoms with E-state index >= 15 is 0 Å². The first kappa shape index (κ1) is 20.4. The summed E-state index contributed by atoms with van der Waals surface area (Å²) in [6.45, 7) is 2.48. The first-order valence-corrected chi connectivity index (χ1v) is 8.52. The molecule has 0 atom stereocenters. The van der Waals surface area contributed by atoms with Gasteiger partial charge in [-0.1, -0.05) is 63.6 Å². The summed E-state index contributed by atoms with van der Waals surface area (Å²) in [5.74, 6) is 0. The van der Waals surface area contributed by atoms with Gasteiger partial charge < -0.3 is 0 Å². The van der Waals surface area contributed by atoms with Crippen molar-refractivity contribution in [3.63, 3.8) is 0 Å². The molecule has 0 bridgehead atoms. The van der Waals surface area contributed by atoms with Crippen molar-refractivity contribution >= 4 is 47.9 Å². The fraction of sp³-hybridized carbons (Fsp3) is 0.600. The molecular formula is C15H26CaO3S. The first-order valence-electron chi connectivity index (χ1n) is 7.11. The van der Waals surface area contributed by atoms with E-state index in [0.29, 0.717) is 0 Å². The standard InChI is InChI=1S/C15H24O3S.Ca.2H/c1-2-3-4-5-6-7-11-14-18-19(16,17)15-12-9-8-10-13-15;;;/h8-10,12-13H,2-7,11,14H2,1H3;;;. The van der Waals surface area contributed by atoms with Crippen LogP contribution in [0.1, 0.15) is 51.9 Å². The third kappa shape index (κ3) is 8.63. The summed E-state index contributed by atoms with van der Waals surface area (Å²) in [6.07, 6.45) is 8.05. The molecule has 0 fully saturated rings. The molecule has 3 nitrogen and oxygen atoms in total. The number of unbranched alkanes of at least 4 members (excludes halogenated alkanes) is 6. The Balaban J connectivity index is 0.00000361. The number of rotatable bonds is 10. The molecule has 1 aromatic carbocycles. The van der Waals surface area contributed by atoms with Crippen LogP contribution >= 0.6 is 0 Å². The SMILES string of the molecule is CCCCCCCCCOS(=O)(=O)c1ccccc1.[CaH2]. The van der Waals surface area contributed by atoms with Crippen LogP contribution in [0.3, 0.4) is 0 Å². The van der Waals surface area contributed by atoms with Crippen LogP contribution in [0.4, 0.5) is 0 Å². The van der Waals surface area contributed by atoms with Gasteiger partial charge in [0.05, 0.1) is 11.5 Å². The van der Waals surface area contributed by atoms with Crippen LogP contribution in [0.15, 0.2) is 35.2 Å². The topological polar surface area (TPSA) is 43.4 Å². The second-order valence-corrected chi connectivity index (χ2v) is 6.33. The van der Waals surface area contributed by atoms with Crippen LogP contribution in [0.2, 0.25) is 0 Å². The van der Waals surface area contributed by atoms with Crippen molar-refractivity contribution < 1.29 is 12.6 Å². The average Bonchev–Trinajstić information content (AvgIpc) is 2.43. The number of hydrogen-bond donors (Lipinski definition) is 0. The number of hydrogen-bond acceptors (Lipinski definition) is 3. The quantitative estimate of drug-likeness (QED) is 0.377. The Labute approximate surface area is 153 Å². The van der Waals surface area contributed by atoms with Crippen molar-refractivity contribution in [3.05, 3.63) is 30.3 Å². The van der Waals surface area contributed by atoms with Crippen molar-refractivity contribution in [1.29, 1.82) is 0 Å². The predicted octanol–water partition coefficient (Wildman–Crippen LogP) is 3.23. The zero-order valence-corrected chi connectivity index (χ0v) is 12.5. The van der Waals surface area contributed by atoms with Gasteiger partial charge in [-0.15, -0.1) is 0 Å². The van der Waals surface area contributed by atoms with E-state index in [4.69, 9.17) is 4.18 Å². The normalized spacial score (nSPS) is 11.1. The van der Waals surface area contributed by atoms with Crippen molar-refractivity contribution in [2.75, 3.05) is 6.61 Å². The Kier molecular flexibility index (Phi) is 12.2. The van der Waals surface area contributed by atoms with Gasteiger partial charge in [0, 0.05) is 0 Å². The van der Waals surface area contributed by atoms with Gasteiger partial charge in [-0.25, -0.2) is 0 Å². The van der Waals surface area contributed by atoms with Crippen molar-refractivity contribution in [2.24, 2.45) is 0 Å². The van der Waals surface area contributed by atoms with E-state index in [1.807, 2.05) is 0 Å². The summed E-state index contributed by atoms with van der Waals surface area (Å²) in [6, 6.07) is 8.30. The van der Waals surface area contributed by atoms with Gasteiger partial charge in [-0.05, 0) is 18.6 Å². The van der Waals surface area contributed by atoms with Gasteiger partial charge in [-0.3, -0.25) is 4.18 Å². The van der Waals surface area contributed by atoms with Crippen LogP contribution in [0.5, 0.6) is 0 Å². The summed E-state index contributed by atoms with van der Waals surface area (Å²) >= 11 is 0. The van der Waals surface area contributed by atoms with E-state index in [9.17, 15) is 8.42 Å². The van der Waals surface area contributed by atoms with E-state index in [1.165, 1.54) is 25.7 Å². The molecule has 0 amide bonds. The fourth-order valence-corrected chi connectivity index (χ4v) is 2.85. The van der Waals surface area contributed by atoms with Crippen LogP contribution in [-0.2, 0) is 14.3 Å². The van der Waals surface area contributed by atoms with Crippen LogP contribution in [-0.4, -0.2) is 52.8 Å². The van der Waals surface area contributed by atoms with Gasteiger partial charge in [0.15, 0.2) is 0 Å². The molecule has 20 heavy (non-hydrogen) atoms. The molecule has 0 unspecified atom stereocenters. The van der Waals surface area contributed by atoms with Crippen molar-refractivity contribution in [2.45, 2.75) is 56.8 Å². The minimum absolute atomic E-state index is 0. The molecule has 1 aromatic rings. The predicted molar refractivity (Wildman–Crippen MR) is 86.1 cm³/mol. The molecule has 0 saturated heterocycles. The van der Waals surface area contributed by atoms with Gasteiger partial charge in [-0.2, -0.15) is 8.42 Å². The molecule has 0 aliphatic heterocycles. The van der Waals surface area contributed by atoms with Gasteiger partial charge in [0.25, 0.3) is 10.1 Å². The molecule has 0 aromatic heterocycles. The Bertz CT molecular complexity index is 432. The fourth-order valence-electron chi connectivity index (χ4n) is 1.88. The zero-order valence-electron chi connectivity index (χ0n) is 11.7. The van der Waals surface area contributed by atoms with Crippen LogP contribution in [0, 0.1) is 0 Å². The summed E-state index contributed by atoms with van der Waals surface area (Å²) < 4.78 is 28.6. The van der Waals surface area contributed by atoms with Crippen LogP contribution in [0.25, 0.3) is 0 Å². The molecule has 0 radical (unpaired) electrons. The van der Waals surface area contributed by atoms with E-state index in [1.54, 1.807) is 30.3 Å². The molecule has 0 aliphatic rings. The molecule has 0 heterocycles. The third-order valence-electron chi connectivity index (χ3n) is 3.02.